The monoisotopic (exact) mass is 401 g/mol. The van der Waals surface area contributed by atoms with Gasteiger partial charge < -0.3 is 0 Å². The quantitative estimate of drug-likeness (QED) is 0.514. The van der Waals surface area contributed by atoms with E-state index in [0.29, 0.717) is 11.1 Å². The highest BCUT2D eigenvalue weighted by molar-refractivity contribution is 7.92. The molecule has 0 saturated heterocycles. The fourth-order valence-corrected chi connectivity index (χ4v) is 4.09. The molecule has 0 radical (unpaired) electrons. The van der Waals surface area contributed by atoms with E-state index in [1.54, 1.807) is 36.4 Å². The van der Waals surface area contributed by atoms with E-state index >= 15 is 0 Å². The standard InChI is InChI=1S/C19H13ClFN3O2S/c20-16-14(12-7-3-1-4-8-12)11-15-18(17(16)21)22-23-19(15)24-27(25,26)13-9-5-2-6-10-13/h1-11H,(H2,22,23,24). The van der Waals surface area contributed by atoms with E-state index in [1.807, 2.05) is 18.2 Å². The molecule has 0 saturated carbocycles. The van der Waals surface area contributed by atoms with Crippen LogP contribution in [0.5, 0.6) is 0 Å². The van der Waals surface area contributed by atoms with Crippen molar-refractivity contribution in [3.05, 3.63) is 77.6 Å². The molecule has 136 valence electrons. The van der Waals surface area contributed by atoms with Gasteiger partial charge in [0.15, 0.2) is 11.6 Å². The van der Waals surface area contributed by atoms with E-state index < -0.39 is 15.8 Å². The Bertz CT molecular complexity index is 1230. The fourth-order valence-electron chi connectivity index (χ4n) is 2.79. The molecule has 0 aliphatic rings. The predicted molar refractivity (Wildman–Crippen MR) is 104 cm³/mol. The second kappa shape index (κ2) is 6.68. The number of nitrogens with zero attached hydrogens (tertiary/aromatic N) is 1. The van der Waals surface area contributed by atoms with Gasteiger partial charge in [-0.15, -0.1) is 0 Å². The molecule has 0 aliphatic heterocycles. The molecule has 4 rings (SSSR count). The third-order valence-electron chi connectivity index (χ3n) is 4.11. The van der Waals surface area contributed by atoms with Crippen molar-refractivity contribution in [3.8, 4) is 11.1 Å². The molecule has 0 fully saturated rings. The van der Waals surface area contributed by atoms with Gasteiger partial charge in [-0.3, -0.25) is 9.82 Å². The van der Waals surface area contributed by atoms with Crippen molar-refractivity contribution in [1.29, 1.82) is 0 Å². The maximum atomic E-state index is 14.7. The summed E-state index contributed by atoms with van der Waals surface area (Å²) in [5.41, 5.74) is 1.19. The van der Waals surface area contributed by atoms with Gasteiger partial charge in [0.25, 0.3) is 10.0 Å². The number of rotatable bonds is 4. The highest BCUT2D eigenvalue weighted by Crippen LogP contribution is 2.37. The van der Waals surface area contributed by atoms with Crippen molar-refractivity contribution < 1.29 is 12.8 Å². The number of halogens is 2. The zero-order valence-electron chi connectivity index (χ0n) is 13.8. The van der Waals surface area contributed by atoms with Crippen LogP contribution in [-0.4, -0.2) is 18.6 Å². The predicted octanol–water partition coefficient (Wildman–Crippen LogP) is 4.82. The topological polar surface area (TPSA) is 74.8 Å². The lowest BCUT2D eigenvalue weighted by Crippen LogP contribution is -2.13. The summed E-state index contributed by atoms with van der Waals surface area (Å²) in [4.78, 5) is 0.0823. The number of fused-ring (bicyclic) bond motifs is 1. The molecule has 0 unspecified atom stereocenters. The van der Waals surface area contributed by atoms with Crippen LogP contribution in [0.3, 0.4) is 0 Å². The van der Waals surface area contributed by atoms with Crippen molar-refractivity contribution in [3.63, 3.8) is 0 Å². The normalized spacial score (nSPS) is 11.6. The maximum absolute atomic E-state index is 14.7. The van der Waals surface area contributed by atoms with Crippen molar-refractivity contribution in [2.45, 2.75) is 4.90 Å². The molecule has 1 heterocycles. The molecule has 5 nitrogen and oxygen atoms in total. The minimum atomic E-state index is -3.86. The molecule has 2 N–H and O–H groups in total. The molecular formula is C19H13ClFN3O2S. The number of anilines is 1. The first kappa shape index (κ1) is 17.5. The summed E-state index contributed by atoms with van der Waals surface area (Å²) >= 11 is 6.18. The highest BCUT2D eigenvalue weighted by atomic mass is 35.5. The first-order valence-electron chi connectivity index (χ1n) is 7.97. The Morgan fingerprint density at radius 3 is 2.30 bits per heavy atom. The van der Waals surface area contributed by atoms with Gasteiger partial charge >= 0.3 is 0 Å². The van der Waals surface area contributed by atoms with E-state index in [0.717, 1.165) is 0 Å². The Labute approximate surface area is 159 Å². The Hall–Kier alpha value is -2.90. The molecule has 27 heavy (non-hydrogen) atoms. The van der Waals surface area contributed by atoms with Gasteiger partial charge in [-0.25, -0.2) is 12.8 Å². The summed E-state index contributed by atoms with van der Waals surface area (Å²) in [6.45, 7) is 0. The van der Waals surface area contributed by atoms with Crippen molar-refractivity contribution in [2.24, 2.45) is 0 Å². The third-order valence-corrected chi connectivity index (χ3v) is 5.84. The van der Waals surface area contributed by atoms with Crippen LogP contribution in [0.2, 0.25) is 5.02 Å². The average molecular weight is 402 g/mol. The van der Waals surface area contributed by atoms with Crippen molar-refractivity contribution >= 4 is 38.3 Å². The SMILES string of the molecule is O=S(=O)(Nc1n[nH]c2c(F)c(Cl)c(-c3ccccc3)cc12)c1ccccc1. The lowest BCUT2D eigenvalue weighted by molar-refractivity contribution is 0.601. The van der Waals surface area contributed by atoms with Crippen LogP contribution in [0.15, 0.2) is 71.6 Å². The molecule has 0 amide bonds. The first-order valence-corrected chi connectivity index (χ1v) is 9.83. The van der Waals surface area contributed by atoms with Crippen LogP contribution in [0.1, 0.15) is 0 Å². The van der Waals surface area contributed by atoms with E-state index in [4.69, 9.17) is 11.6 Å². The molecular weight excluding hydrogens is 389 g/mol. The zero-order chi connectivity index (χ0) is 19.0. The molecule has 0 atom stereocenters. The molecule has 1 aromatic heterocycles. The van der Waals surface area contributed by atoms with Gasteiger partial charge in [0.1, 0.15) is 5.52 Å². The van der Waals surface area contributed by atoms with Gasteiger partial charge in [0, 0.05) is 10.9 Å². The van der Waals surface area contributed by atoms with Crippen LogP contribution in [0.25, 0.3) is 22.0 Å². The number of sulfonamides is 1. The summed E-state index contributed by atoms with van der Waals surface area (Å²) in [5, 5.41) is 6.67. The minimum Gasteiger partial charge on any atom is -0.273 e. The number of hydrogen-bond donors (Lipinski definition) is 2. The molecule has 0 bridgehead atoms. The number of aromatic amines is 1. The number of benzene rings is 3. The van der Waals surface area contributed by atoms with E-state index in [-0.39, 0.29) is 26.6 Å². The van der Waals surface area contributed by atoms with Crippen molar-refractivity contribution in [1.82, 2.24) is 10.2 Å². The molecule has 3 aromatic carbocycles. The summed E-state index contributed by atoms with van der Waals surface area (Å²) in [6.07, 6.45) is 0. The molecule has 0 aliphatic carbocycles. The number of hydrogen-bond acceptors (Lipinski definition) is 3. The molecule has 0 spiro atoms. The highest BCUT2D eigenvalue weighted by Gasteiger charge is 2.21. The molecule has 4 aromatic rings. The van der Waals surface area contributed by atoms with Gasteiger partial charge in [-0.05, 0) is 23.8 Å². The smallest absolute Gasteiger partial charge is 0.263 e. The zero-order valence-corrected chi connectivity index (χ0v) is 15.4. The van der Waals surface area contributed by atoms with Crippen LogP contribution < -0.4 is 4.72 Å². The van der Waals surface area contributed by atoms with Gasteiger partial charge in [0.2, 0.25) is 0 Å². The summed E-state index contributed by atoms with van der Waals surface area (Å²) in [7, 11) is -3.86. The average Bonchev–Trinajstić information content (AvgIpc) is 3.08. The van der Waals surface area contributed by atoms with Crippen LogP contribution in [0, 0.1) is 5.82 Å². The number of nitrogens with one attached hydrogen (secondary N) is 2. The lowest BCUT2D eigenvalue weighted by atomic mass is 10.0. The van der Waals surface area contributed by atoms with Crippen LogP contribution >= 0.6 is 11.6 Å². The van der Waals surface area contributed by atoms with Gasteiger partial charge in [-0.1, -0.05) is 60.1 Å². The number of H-pyrrole nitrogens is 1. The van der Waals surface area contributed by atoms with E-state index in [1.165, 1.54) is 12.1 Å². The minimum absolute atomic E-state index is 0.00148. The Balaban J connectivity index is 1.85. The van der Waals surface area contributed by atoms with Crippen molar-refractivity contribution in [2.75, 3.05) is 4.72 Å². The molecule has 8 heteroatoms. The largest absolute Gasteiger partial charge is 0.273 e. The van der Waals surface area contributed by atoms with E-state index in [9.17, 15) is 12.8 Å². The van der Waals surface area contributed by atoms with Gasteiger partial charge in [0.05, 0.1) is 9.92 Å². The summed E-state index contributed by atoms with van der Waals surface area (Å²) < 4.78 is 42.3. The lowest BCUT2D eigenvalue weighted by Gasteiger charge is -2.08. The fraction of sp³-hybridized carbons (Fsp3) is 0. The summed E-state index contributed by atoms with van der Waals surface area (Å²) in [6, 6.07) is 18.5. The Kier molecular flexibility index (Phi) is 4.33. The number of aromatic nitrogens is 2. The Morgan fingerprint density at radius 1 is 1.00 bits per heavy atom. The second-order valence-corrected chi connectivity index (χ2v) is 7.89. The van der Waals surface area contributed by atoms with E-state index in [2.05, 4.69) is 14.9 Å². The van der Waals surface area contributed by atoms with Crippen LogP contribution in [0.4, 0.5) is 10.2 Å². The first-order chi connectivity index (χ1) is 13.0. The Morgan fingerprint density at radius 2 is 1.63 bits per heavy atom. The summed E-state index contributed by atoms with van der Waals surface area (Å²) in [5.74, 6) is -0.688. The van der Waals surface area contributed by atoms with Gasteiger partial charge in [-0.2, -0.15) is 5.10 Å². The third kappa shape index (κ3) is 3.15. The van der Waals surface area contributed by atoms with Crippen LogP contribution in [-0.2, 0) is 10.0 Å². The maximum Gasteiger partial charge on any atom is 0.263 e. The second-order valence-electron chi connectivity index (χ2n) is 5.83.